The van der Waals surface area contributed by atoms with Crippen molar-refractivity contribution in [2.24, 2.45) is 0 Å². The van der Waals surface area contributed by atoms with E-state index in [1.54, 1.807) is 6.92 Å². The van der Waals surface area contributed by atoms with Crippen LogP contribution in [-0.2, 0) is 38.0 Å². The number of hydrogen-bond donors (Lipinski definition) is 3. The highest BCUT2D eigenvalue weighted by Crippen LogP contribution is 2.50. The molecule has 1 aliphatic heterocycles. The predicted molar refractivity (Wildman–Crippen MR) is 158 cm³/mol. The van der Waals surface area contributed by atoms with Gasteiger partial charge in [0.1, 0.15) is 41.1 Å². The number of fused-ring (bicyclic) bond motifs is 3. The zero-order valence-corrected chi connectivity index (χ0v) is 26.9. The molecule has 5 rings (SSSR count). The lowest BCUT2D eigenvalue weighted by Gasteiger charge is -2.49. The third-order valence-electron chi connectivity index (χ3n) is 9.29. The minimum atomic E-state index is -3.17. The molecule has 3 N–H and O–H groups in total. The Labute approximate surface area is 268 Å². The summed E-state index contributed by atoms with van der Waals surface area (Å²) in [5.74, 6) is -6.03. The van der Waals surface area contributed by atoms with Crippen molar-refractivity contribution in [2.75, 3.05) is 42.7 Å². The van der Waals surface area contributed by atoms with Crippen LogP contribution in [0.5, 0.6) is 11.5 Å². The van der Waals surface area contributed by atoms with E-state index in [0.29, 0.717) is 0 Å². The molecule has 0 aromatic heterocycles. The van der Waals surface area contributed by atoms with Gasteiger partial charge in [-0.3, -0.25) is 14.4 Å². The van der Waals surface area contributed by atoms with Crippen molar-refractivity contribution in [3.8, 4) is 11.5 Å². The van der Waals surface area contributed by atoms with Gasteiger partial charge in [-0.2, -0.15) is 0 Å². The lowest BCUT2D eigenvalue weighted by Crippen LogP contribution is -2.77. The second-order valence-electron chi connectivity index (χ2n) is 11.4. The van der Waals surface area contributed by atoms with E-state index in [2.05, 4.69) is 0 Å². The molecule has 0 saturated carbocycles. The number of ether oxygens (including phenoxy) is 8. The van der Waals surface area contributed by atoms with Gasteiger partial charge in [-0.1, -0.05) is 0 Å². The van der Waals surface area contributed by atoms with E-state index >= 15 is 0 Å². The van der Waals surface area contributed by atoms with E-state index in [0.717, 1.165) is 27.4 Å². The molecule has 0 amide bonds. The van der Waals surface area contributed by atoms with Crippen LogP contribution in [-0.4, -0.2) is 129 Å². The van der Waals surface area contributed by atoms with Gasteiger partial charge < -0.3 is 53.2 Å². The van der Waals surface area contributed by atoms with Gasteiger partial charge in [-0.15, -0.1) is 0 Å². The summed E-state index contributed by atoms with van der Waals surface area (Å²) in [6.07, 6.45) is -5.21. The summed E-state index contributed by atoms with van der Waals surface area (Å²) >= 11 is 0. The lowest BCUT2D eigenvalue weighted by atomic mass is 9.60. The number of rotatable bonds is 8. The Morgan fingerprint density at radius 2 is 1.57 bits per heavy atom. The van der Waals surface area contributed by atoms with Crippen LogP contribution in [0.25, 0.3) is 10.8 Å². The average molecular weight is 661 g/mol. The maximum absolute atomic E-state index is 14.1. The fourth-order valence-electron chi connectivity index (χ4n) is 6.98. The molecule has 1 heterocycles. The molecule has 8 unspecified atom stereocenters. The third kappa shape index (κ3) is 4.53. The van der Waals surface area contributed by atoms with Crippen molar-refractivity contribution in [1.82, 2.24) is 0 Å². The molecule has 2 aromatic carbocycles. The first-order valence-electron chi connectivity index (χ1n) is 14.4. The van der Waals surface area contributed by atoms with Crippen molar-refractivity contribution in [1.29, 1.82) is 0 Å². The molecule has 2 aromatic rings. The minimum Gasteiger partial charge on any atom is -0.507 e. The number of carbonyl (C=O) groups excluding carboxylic acids is 4. The number of phenols is 1. The van der Waals surface area contributed by atoms with Gasteiger partial charge in [-0.05, 0) is 36.9 Å². The Kier molecular flexibility index (Phi) is 8.96. The summed E-state index contributed by atoms with van der Waals surface area (Å²) < 4.78 is 44.4. The fraction of sp³-hybridized carbons (Fsp3) is 0.500. The van der Waals surface area contributed by atoms with Gasteiger partial charge in [0, 0.05) is 45.5 Å². The van der Waals surface area contributed by atoms with Crippen LogP contribution in [0.1, 0.15) is 43.6 Å². The number of Topliss-reactive ketones (excluding diaryl/α,β-unsaturated/α-hetero) is 2. The van der Waals surface area contributed by atoms with E-state index in [-0.39, 0.29) is 27.6 Å². The molecule has 15 nitrogen and oxygen atoms in total. The highest BCUT2D eigenvalue weighted by Gasteiger charge is 2.74. The number of phenolic OH excluding ortho intramolecular Hbond substituents is 1. The number of hydrogen-bond acceptors (Lipinski definition) is 15. The first-order valence-corrected chi connectivity index (χ1v) is 14.4. The summed E-state index contributed by atoms with van der Waals surface area (Å²) in [6.45, 7) is 3.19. The monoisotopic (exact) mass is 660 g/mol. The van der Waals surface area contributed by atoms with Crippen LogP contribution < -0.4 is 4.74 Å². The number of aliphatic hydroxyl groups excluding tert-OH is 1. The van der Waals surface area contributed by atoms with Crippen LogP contribution in [0.4, 0.5) is 0 Å². The topological polar surface area (TPSA) is 203 Å². The van der Waals surface area contributed by atoms with E-state index in [1.807, 2.05) is 0 Å². The highest BCUT2D eigenvalue weighted by atomic mass is 16.7. The number of benzene rings is 2. The van der Waals surface area contributed by atoms with Crippen LogP contribution in [0.3, 0.4) is 0 Å². The van der Waals surface area contributed by atoms with Crippen LogP contribution in [0.15, 0.2) is 24.0 Å². The van der Waals surface area contributed by atoms with E-state index in [4.69, 9.17) is 37.9 Å². The standard InChI is InChI=1S/C32H36O15/c1-12-19-14(10-16(20(12)29(38)44-7)47-30-25(43-6)24(42-5)23(41-4)13(2)46-30)9-15-21(22(19)34)28(37)32(45-8)18(33)11-17(40-3)27(36)31(32,39)26(15)35/h9-11,13,23-25,27,30,34,36,39H,1-8H3. The van der Waals surface area contributed by atoms with Crippen LogP contribution in [0, 0.1) is 6.92 Å². The summed E-state index contributed by atoms with van der Waals surface area (Å²) in [7, 11) is 7.52. The second-order valence-corrected chi connectivity index (χ2v) is 11.4. The first kappa shape index (κ1) is 34.4. The molecule has 0 spiro atoms. The van der Waals surface area contributed by atoms with E-state index in [9.17, 15) is 34.5 Å². The summed E-state index contributed by atoms with van der Waals surface area (Å²) in [6, 6.07) is 2.48. The molecule has 254 valence electrons. The maximum atomic E-state index is 14.1. The Balaban J connectivity index is 1.75. The fourth-order valence-corrected chi connectivity index (χ4v) is 6.98. The number of aromatic hydroxyl groups is 1. The quantitative estimate of drug-likeness (QED) is 0.265. The average Bonchev–Trinajstić information content (AvgIpc) is 3.04. The summed E-state index contributed by atoms with van der Waals surface area (Å²) in [5.41, 5.74) is -7.41. The van der Waals surface area contributed by atoms with Crippen molar-refractivity contribution >= 4 is 34.1 Å². The van der Waals surface area contributed by atoms with Gasteiger partial charge >= 0.3 is 5.97 Å². The molecule has 0 radical (unpaired) electrons. The normalized spacial score (nSPS) is 32.0. The number of aliphatic hydroxyl groups is 2. The van der Waals surface area contributed by atoms with Crippen LogP contribution in [0.2, 0.25) is 0 Å². The molecule has 2 aliphatic carbocycles. The molecule has 0 bridgehead atoms. The number of aryl methyl sites for hydroxylation is 1. The molecular weight excluding hydrogens is 624 g/mol. The number of esters is 1. The van der Waals surface area contributed by atoms with Crippen LogP contribution >= 0.6 is 0 Å². The summed E-state index contributed by atoms with van der Waals surface area (Å²) in [5, 5.41) is 34.5. The van der Waals surface area contributed by atoms with E-state index < -0.39 is 94.0 Å². The number of ketones is 3. The Morgan fingerprint density at radius 1 is 0.936 bits per heavy atom. The Hall–Kier alpha value is -3.96. The van der Waals surface area contributed by atoms with Gasteiger partial charge in [0.25, 0.3) is 0 Å². The van der Waals surface area contributed by atoms with Gasteiger partial charge in [0.15, 0.2) is 6.10 Å². The molecular formula is C32H36O15. The van der Waals surface area contributed by atoms with Gasteiger partial charge in [-0.25, -0.2) is 4.79 Å². The maximum Gasteiger partial charge on any atom is 0.341 e. The summed E-state index contributed by atoms with van der Waals surface area (Å²) in [4.78, 5) is 54.8. The van der Waals surface area contributed by atoms with E-state index in [1.165, 1.54) is 40.4 Å². The minimum absolute atomic E-state index is 0.0679. The largest absolute Gasteiger partial charge is 0.507 e. The zero-order chi connectivity index (χ0) is 34.7. The first-order chi connectivity index (χ1) is 22.2. The zero-order valence-electron chi connectivity index (χ0n) is 26.9. The SMILES string of the molecule is COC(=O)c1c(OC2OC(C)C(OC)C(OC)C2OC)cc2cc3c(c(O)c2c1C)C(=O)C1(OC)C(=O)C=C(OC)C(O)C1(O)C3=O. The van der Waals surface area contributed by atoms with Crippen molar-refractivity contribution in [3.05, 3.63) is 46.2 Å². The second kappa shape index (κ2) is 12.2. The predicted octanol–water partition coefficient (Wildman–Crippen LogP) is 0.778. The lowest BCUT2D eigenvalue weighted by molar-refractivity contribution is -0.282. The highest BCUT2D eigenvalue weighted by molar-refractivity contribution is 6.35. The Bertz CT molecular complexity index is 1700. The molecule has 1 saturated heterocycles. The molecule has 15 heteroatoms. The van der Waals surface area contributed by atoms with Crippen molar-refractivity contribution in [2.45, 2.75) is 61.9 Å². The van der Waals surface area contributed by atoms with Crippen molar-refractivity contribution < 1.29 is 72.4 Å². The van der Waals surface area contributed by atoms with Crippen molar-refractivity contribution in [3.63, 3.8) is 0 Å². The number of carbonyl (C=O) groups is 4. The molecule has 47 heavy (non-hydrogen) atoms. The third-order valence-corrected chi connectivity index (χ3v) is 9.29. The van der Waals surface area contributed by atoms with Gasteiger partial charge in [0.05, 0.1) is 25.9 Å². The molecule has 3 aliphatic rings. The Morgan fingerprint density at radius 3 is 2.13 bits per heavy atom. The molecule has 1 fully saturated rings. The molecule has 8 atom stereocenters. The number of methoxy groups -OCH3 is 6. The smallest absolute Gasteiger partial charge is 0.341 e. The van der Waals surface area contributed by atoms with Gasteiger partial charge in [0.2, 0.25) is 34.8 Å².